The van der Waals surface area contributed by atoms with Gasteiger partial charge in [0.15, 0.2) is 0 Å². The van der Waals surface area contributed by atoms with E-state index in [9.17, 15) is 0 Å². The van der Waals surface area contributed by atoms with Gasteiger partial charge in [-0.1, -0.05) is 12.2 Å². The Labute approximate surface area is 83.7 Å². The highest BCUT2D eigenvalue weighted by molar-refractivity contribution is 7.80. The number of hydrogen-bond acceptors (Lipinski definition) is 4. The predicted octanol–water partition coefficient (Wildman–Crippen LogP) is -0.644. The van der Waals surface area contributed by atoms with Crippen LogP contribution in [0.1, 0.15) is 6.42 Å². The van der Waals surface area contributed by atoms with Crippen LogP contribution in [-0.2, 0) is 4.74 Å². The molecule has 5 heteroatoms. The molecule has 0 aromatic heterocycles. The summed E-state index contributed by atoms with van der Waals surface area (Å²) in [6.07, 6.45) is 0.714. The maximum absolute atomic E-state index is 9.04. The lowest BCUT2D eigenvalue weighted by atomic mass is 10.2. The Morgan fingerprint density at radius 3 is 3.08 bits per heavy atom. The van der Waals surface area contributed by atoms with Gasteiger partial charge in [0, 0.05) is 19.5 Å². The zero-order chi connectivity index (χ0) is 9.68. The average Bonchev–Trinajstić information content (AvgIpc) is 2.15. The van der Waals surface area contributed by atoms with E-state index in [1.165, 1.54) is 0 Å². The largest absolute Gasteiger partial charge is 0.395 e. The van der Waals surface area contributed by atoms with Gasteiger partial charge in [-0.25, -0.2) is 0 Å². The van der Waals surface area contributed by atoms with Crippen LogP contribution in [0.4, 0.5) is 0 Å². The molecule has 1 unspecified atom stereocenters. The van der Waals surface area contributed by atoms with Crippen LogP contribution in [0.5, 0.6) is 0 Å². The standard InChI is InChI=1S/C8H16N2O2S/c9-8(13)1-2-10-3-4-12-6-7(10)5-11/h7,11H,1-6H2,(H2,9,13). The van der Waals surface area contributed by atoms with Crippen LogP contribution in [-0.4, -0.2) is 53.9 Å². The summed E-state index contributed by atoms with van der Waals surface area (Å²) in [6.45, 7) is 3.15. The van der Waals surface area contributed by atoms with Crippen molar-refractivity contribution in [2.75, 3.05) is 32.9 Å². The van der Waals surface area contributed by atoms with Gasteiger partial charge in [-0.3, -0.25) is 4.90 Å². The molecule has 13 heavy (non-hydrogen) atoms. The first-order valence-corrected chi connectivity index (χ1v) is 4.86. The first-order valence-electron chi connectivity index (χ1n) is 4.45. The molecule has 1 heterocycles. The molecule has 3 N–H and O–H groups in total. The maximum atomic E-state index is 9.04. The Kier molecular flexibility index (Phi) is 4.58. The number of ether oxygens (including phenoxy) is 1. The van der Waals surface area contributed by atoms with E-state index >= 15 is 0 Å². The van der Waals surface area contributed by atoms with Crippen LogP contribution in [0, 0.1) is 0 Å². The summed E-state index contributed by atoms with van der Waals surface area (Å²) in [7, 11) is 0. The van der Waals surface area contributed by atoms with Crippen molar-refractivity contribution in [2.24, 2.45) is 5.73 Å². The number of rotatable bonds is 4. The summed E-state index contributed by atoms with van der Waals surface area (Å²) in [5.74, 6) is 0. The van der Waals surface area contributed by atoms with Gasteiger partial charge in [-0.05, 0) is 0 Å². The van der Waals surface area contributed by atoms with Gasteiger partial charge in [-0.15, -0.1) is 0 Å². The normalized spacial score (nSPS) is 24.5. The summed E-state index contributed by atoms with van der Waals surface area (Å²) in [4.78, 5) is 2.70. The van der Waals surface area contributed by atoms with E-state index in [2.05, 4.69) is 4.90 Å². The summed E-state index contributed by atoms with van der Waals surface area (Å²) < 4.78 is 5.24. The van der Waals surface area contributed by atoms with Crippen LogP contribution in [0.3, 0.4) is 0 Å². The quantitative estimate of drug-likeness (QED) is 0.596. The Morgan fingerprint density at radius 1 is 1.69 bits per heavy atom. The van der Waals surface area contributed by atoms with Crippen molar-refractivity contribution in [1.29, 1.82) is 0 Å². The van der Waals surface area contributed by atoms with E-state index in [4.69, 9.17) is 27.8 Å². The smallest absolute Gasteiger partial charge is 0.0740 e. The van der Waals surface area contributed by atoms with Gasteiger partial charge >= 0.3 is 0 Å². The highest BCUT2D eigenvalue weighted by atomic mass is 32.1. The zero-order valence-corrected chi connectivity index (χ0v) is 8.42. The second-order valence-electron chi connectivity index (χ2n) is 3.16. The van der Waals surface area contributed by atoms with E-state index in [1.807, 2.05) is 0 Å². The Balaban J connectivity index is 2.31. The van der Waals surface area contributed by atoms with E-state index in [-0.39, 0.29) is 12.6 Å². The third-order valence-corrected chi connectivity index (χ3v) is 2.41. The zero-order valence-electron chi connectivity index (χ0n) is 7.61. The van der Waals surface area contributed by atoms with Crippen molar-refractivity contribution < 1.29 is 9.84 Å². The van der Waals surface area contributed by atoms with Crippen molar-refractivity contribution >= 4 is 17.2 Å². The summed E-state index contributed by atoms with van der Waals surface area (Å²) >= 11 is 4.80. The second-order valence-corrected chi connectivity index (χ2v) is 3.69. The van der Waals surface area contributed by atoms with Gasteiger partial charge in [0.1, 0.15) is 0 Å². The topological polar surface area (TPSA) is 58.7 Å². The summed E-state index contributed by atoms with van der Waals surface area (Å²) in [5, 5.41) is 9.04. The molecule has 1 rings (SSSR count). The second kappa shape index (κ2) is 5.49. The minimum atomic E-state index is 0.114. The van der Waals surface area contributed by atoms with Gasteiger partial charge in [0.2, 0.25) is 0 Å². The maximum Gasteiger partial charge on any atom is 0.0740 e. The van der Waals surface area contributed by atoms with E-state index in [0.717, 1.165) is 19.7 Å². The molecular formula is C8H16N2O2S. The first kappa shape index (κ1) is 10.8. The molecule has 1 aliphatic rings. The predicted molar refractivity (Wildman–Crippen MR) is 54.7 cm³/mol. The molecule has 0 aromatic rings. The molecule has 0 saturated carbocycles. The number of morpholine rings is 1. The molecule has 76 valence electrons. The Morgan fingerprint density at radius 2 is 2.46 bits per heavy atom. The molecule has 1 aliphatic heterocycles. The minimum Gasteiger partial charge on any atom is -0.395 e. The molecule has 0 radical (unpaired) electrons. The average molecular weight is 204 g/mol. The van der Waals surface area contributed by atoms with Crippen molar-refractivity contribution in [3.63, 3.8) is 0 Å². The van der Waals surface area contributed by atoms with Crippen LogP contribution in [0.15, 0.2) is 0 Å². The van der Waals surface area contributed by atoms with Crippen LogP contribution >= 0.6 is 12.2 Å². The van der Waals surface area contributed by atoms with Crippen molar-refractivity contribution in [1.82, 2.24) is 4.90 Å². The molecule has 0 amide bonds. The van der Waals surface area contributed by atoms with Crippen molar-refractivity contribution in [3.8, 4) is 0 Å². The Bertz CT molecular complexity index is 178. The van der Waals surface area contributed by atoms with Gasteiger partial charge in [0.05, 0.1) is 30.9 Å². The fourth-order valence-electron chi connectivity index (χ4n) is 1.41. The molecule has 1 fully saturated rings. The number of nitrogens with two attached hydrogens (primary N) is 1. The summed E-state index contributed by atoms with van der Waals surface area (Å²) in [6, 6.07) is 0.114. The minimum absolute atomic E-state index is 0.114. The lowest BCUT2D eigenvalue weighted by Crippen LogP contribution is -2.48. The number of aliphatic hydroxyl groups is 1. The van der Waals surface area contributed by atoms with E-state index < -0.39 is 0 Å². The third kappa shape index (κ3) is 3.56. The summed E-state index contributed by atoms with van der Waals surface area (Å²) in [5.41, 5.74) is 5.41. The monoisotopic (exact) mass is 204 g/mol. The highest BCUT2D eigenvalue weighted by Gasteiger charge is 2.21. The van der Waals surface area contributed by atoms with Gasteiger partial charge < -0.3 is 15.6 Å². The third-order valence-electron chi connectivity index (χ3n) is 2.21. The lowest BCUT2D eigenvalue weighted by molar-refractivity contribution is -0.0260. The SMILES string of the molecule is NC(=S)CCN1CCOCC1CO. The lowest BCUT2D eigenvalue weighted by Gasteiger charge is -2.34. The fourth-order valence-corrected chi connectivity index (χ4v) is 1.50. The fraction of sp³-hybridized carbons (Fsp3) is 0.875. The molecule has 4 nitrogen and oxygen atoms in total. The van der Waals surface area contributed by atoms with Crippen LogP contribution in [0.25, 0.3) is 0 Å². The Hall–Kier alpha value is -0.230. The molecule has 1 atom stereocenters. The highest BCUT2D eigenvalue weighted by Crippen LogP contribution is 2.06. The van der Waals surface area contributed by atoms with Crippen molar-refractivity contribution in [2.45, 2.75) is 12.5 Å². The number of nitrogens with zero attached hydrogens (tertiary/aromatic N) is 1. The van der Waals surface area contributed by atoms with Crippen molar-refractivity contribution in [3.05, 3.63) is 0 Å². The van der Waals surface area contributed by atoms with Crippen LogP contribution in [0.2, 0.25) is 0 Å². The van der Waals surface area contributed by atoms with Crippen LogP contribution < -0.4 is 5.73 Å². The van der Waals surface area contributed by atoms with E-state index in [0.29, 0.717) is 18.0 Å². The molecule has 0 aromatic carbocycles. The van der Waals surface area contributed by atoms with Gasteiger partial charge in [-0.2, -0.15) is 0 Å². The number of aliphatic hydroxyl groups excluding tert-OH is 1. The molecule has 0 spiro atoms. The molecule has 1 saturated heterocycles. The molecule has 0 bridgehead atoms. The number of thiocarbonyl (C=S) groups is 1. The number of hydrogen-bond donors (Lipinski definition) is 2. The molecular weight excluding hydrogens is 188 g/mol. The van der Waals surface area contributed by atoms with Gasteiger partial charge in [0.25, 0.3) is 0 Å². The first-order chi connectivity index (χ1) is 6.24. The van der Waals surface area contributed by atoms with E-state index in [1.54, 1.807) is 0 Å². The molecule has 0 aliphatic carbocycles.